The first-order valence-corrected chi connectivity index (χ1v) is 8.61. The first-order chi connectivity index (χ1) is 12.3. The molecular formula is C24H21N. The Balaban J connectivity index is 1.77. The molecule has 1 nitrogen and oxygen atoms in total. The van der Waals surface area contributed by atoms with E-state index in [0.29, 0.717) is 0 Å². The molecule has 0 amide bonds. The van der Waals surface area contributed by atoms with E-state index in [1.807, 2.05) is 12.2 Å². The Bertz CT molecular complexity index is 1030. The van der Waals surface area contributed by atoms with Crippen molar-refractivity contribution in [1.82, 2.24) is 4.57 Å². The summed E-state index contributed by atoms with van der Waals surface area (Å²) in [5.41, 5.74) is 8.01. The molecule has 1 heteroatoms. The SMILES string of the molecule is C=C/C=C\C=Cc1ccc2c(c1)c1c(n2C)CC(c2ccccc2)=C1. The third-order valence-corrected chi connectivity index (χ3v) is 4.86. The predicted octanol–water partition coefficient (Wildman–Crippen LogP) is 6.03. The highest BCUT2D eigenvalue weighted by Crippen LogP contribution is 2.38. The van der Waals surface area contributed by atoms with Crippen molar-refractivity contribution < 1.29 is 0 Å². The third kappa shape index (κ3) is 2.78. The molecule has 2 aromatic carbocycles. The van der Waals surface area contributed by atoms with E-state index in [4.69, 9.17) is 0 Å². The van der Waals surface area contributed by atoms with Gasteiger partial charge in [-0.1, -0.05) is 73.4 Å². The summed E-state index contributed by atoms with van der Waals surface area (Å²) >= 11 is 0. The van der Waals surface area contributed by atoms with Crippen molar-refractivity contribution in [1.29, 1.82) is 0 Å². The van der Waals surface area contributed by atoms with Crippen molar-refractivity contribution in [2.45, 2.75) is 6.42 Å². The van der Waals surface area contributed by atoms with Crippen LogP contribution in [0.4, 0.5) is 0 Å². The smallest absolute Gasteiger partial charge is 0.0486 e. The van der Waals surface area contributed by atoms with Gasteiger partial charge in [0.25, 0.3) is 0 Å². The molecule has 0 unspecified atom stereocenters. The number of allylic oxidation sites excluding steroid dienone is 5. The fraction of sp³-hybridized carbons (Fsp3) is 0.0833. The second-order valence-electron chi connectivity index (χ2n) is 6.39. The van der Waals surface area contributed by atoms with Crippen LogP contribution in [-0.2, 0) is 13.5 Å². The monoisotopic (exact) mass is 323 g/mol. The molecule has 3 aromatic rings. The molecule has 0 spiro atoms. The molecule has 0 saturated carbocycles. The summed E-state index contributed by atoms with van der Waals surface area (Å²) in [6.45, 7) is 3.69. The summed E-state index contributed by atoms with van der Waals surface area (Å²) < 4.78 is 2.34. The van der Waals surface area contributed by atoms with Crippen LogP contribution < -0.4 is 0 Å². The number of nitrogens with zero attached hydrogens (tertiary/aromatic N) is 1. The molecule has 1 heterocycles. The summed E-state index contributed by atoms with van der Waals surface area (Å²) in [5, 5.41) is 1.33. The minimum atomic E-state index is 0.998. The van der Waals surface area contributed by atoms with Crippen LogP contribution in [0.5, 0.6) is 0 Å². The Morgan fingerprint density at radius 2 is 1.84 bits per heavy atom. The fourth-order valence-corrected chi connectivity index (χ4v) is 3.57. The van der Waals surface area contributed by atoms with Gasteiger partial charge in [-0.3, -0.25) is 0 Å². The van der Waals surface area contributed by atoms with Gasteiger partial charge in [0.15, 0.2) is 0 Å². The van der Waals surface area contributed by atoms with Crippen molar-refractivity contribution in [3.8, 4) is 0 Å². The molecule has 1 aliphatic rings. The van der Waals surface area contributed by atoms with Crippen molar-refractivity contribution in [3.63, 3.8) is 0 Å². The minimum absolute atomic E-state index is 0.998. The molecule has 0 N–H and O–H groups in total. The van der Waals surface area contributed by atoms with E-state index in [0.717, 1.165) is 6.42 Å². The third-order valence-electron chi connectivity index (χ3n) is 4.86. The van der Waals surface area contributed by atoms with Crippen LogP contribution in [0.3, 0.4) is 0 Å². The van der Waals surface area contributed by atoms with Gasteiger partial charge >= 0.3 is 0 Å². The maximum atomic E-state index is 3.69. The highest BCUT2D eigenvalue weighted by Gasteiger charge is 2.21. The standard InChI is InChI=1S/C24H21N/c1-3-4-5-7-10-18-13-14-23-21(15-18)22-16-20(17-24(22)25(23)2)19-11-8-6-9-12-19/h3-16H,1,17H2,2H3/b5-4-,10-7?. The average Bonchev–Trinajstić information content (AvgIpc) is 3.20. The topological polar surface area (TPSA) is 4.93 Å². The number of hydrogen-bond donors (Lipinski definition) is 0. The lowest BCUT2D eigenvalue weighted by Gasteiger charge is -2.05. The van der Waals surface area contributed by atoms with Crippen molar-refractivity contribution in [3.05, 3.63) is 102 Å². The van der Waals surface area contributed by atoms with Gasteiger partial charge in [0.2, 0.25) is 0 Å². The highest BCUT2D eigenvalue weighted by molar-refractivity contribution is 6.01. The van der Waals surface area contributed by atoms with E-state index in [1.165, 1.54) is 38.9 Å². The number of rotatable bonds is 4. The minimum Gasteiger partial charge on any atom is -0.347 e. The summed E-state index contributed by atoms with van der Waals surface area (Å²) in [6, 6.07) is 17.4. The second-order valence-corrected chi connectivity index (χ2v) is 6.39. The van der Waals surface area contributed by atoms with Gasteiger partial charge in [-0.2, -0.15) is 0 Å². The second kappa shape index (κ2) is 6.45. The number of benzene rings is 2. The Morgan fingerprint density at radius 1 is 1.00 bits per heavy atom. The Kier molecular flexibility index (Phi) is 3.99. The molecule has 1 aromatic heterocycles. The molecule has 4 rings (SSSR count). The largest absolute Gasteiger partial charge is 0.347 e. The Morgan fingerprint density at radius 3 is 2.64 bits per heavy atom. The molecule has 0 radical (unpaired) electrons. The van der Waals surface area contributed by atoms with Crippen LogP contribution in [0.2, 0.25) is 0 Å². The Labute approximate surface area is 148 Å². The predicted molar refractivity (Wildman–Crippen MR) is 109 cm³/mol. The molecule has 0 fully saturated rings. The summed E-state index contributed by atoms with van der Waals surface area (Å²) in [7, 11) is 2.17. The lowest BCUT2D eigenvalue weighted by Crippen LogP contribution is -1.95. The van der Waals surface area contributed by atoms with Crippen LogP contribution in [-0.4, -0.2) is 4.57 Å². The van der Waals surface area contributed by atoms with E-state index >= 15 is 0 Å². The van der Waals surface area contributed by atoms with Gasteiger partial charge in [0.1, 0.15) is 0 Å². The summed E-state index contributed by atoms with van der Waals surface area (Å²) in [5.74, 6) is 0. The maximum Gasteiger partial charge on any atom is 0.0486 e. The normalized spacial score (nSPS) is 13.7. The van der Waals surface area contributed by atoms with E-state index in [9.17, 15) is 0 Å². The highest BCUT2D eigenvalue weighted by atomic mass is 15.0. The van der Waals surface area contributed by atoms with Crippen LogP contribution in [0.1, 0.15) is 22.4 Å². The lowest BCUT2D eigenvalue weighted by molar-refractivity contribution is 0.898. The first kappa shape index (κ1) is 15.5. The van der Waals surface area contributed by atoms with Gasteiger partial charge in [-0.05, 0) is 34.9 Å². The van der Waals surface area contributed by atoms with Crippen LogP contribution in [0.15, 0.2) is 79.4 Å². The average molecular weight is 323 g/mol. The molecule has 1 aliphatic carbocycles. The van der Waals surface area contributed by atoms with E-state index in [2.05, 4.69) is 85.0 Å². The summed E-state index contributed by atoms with van der Waals surface area (Å²) in [6.07, 6.45) is 13.3. The van der Waals surface area contributed by atoms with Gasteiger partial charge < -0.3 is 4.57 Å². The van der Waals surface area contributed by atoms with E-state index < -0.39 is 0 Å². The van der Waals surface area contributed by atoms with E-state index in [-0.39, 0.29) is 0 Å². The van der Waals surface area contributed by atoms with Gasteiger partial charge in [0.05, 0.1) is 0 Å². The zero-order chi connectivity index (χ0) is 17.2. The van der Waals surface area contributed by atoms with Crippen LogP contribution >= 0.6 is 0 Å². The number of hydrogen-bond acceptors (Lipinski definition) is 0. The fourth-order valence-electron chi connectivity index (χ4n) is 3.57. The van der Waals surface area contributed by atoms with Crippen molar-refractivity contribution >= 4 is 28.6 Å². The maximum absolute atomic E-state index is 3.69. The van der Waals surface area contributed by atoms with Crippen LogP contribution in [0, 0.1) is 0 Å². The lowest BCUT2D eigenvalue weighted by atomic mass is 10.0. The number of aromatic nitrogens is 1. The zero-order valence-corrected chi connectivity index (χ0v) is 14.4. The number of fused-ring (bicyclic) bond motifs is 3. The molecule has 0 bridgehead atoms. The molecule has 0 aliphatic heterocycles. The Hall–Kier alpha value is -3.06. The van der Waals surface area contributed by atoms with Gasteiger partial charge in [-0.15, -0.1) is 0 Å². The van der Waals surface area contributed by atoms with E-state index in [1.54, 1.807) is 6.08 Å². The van der Waals surface area contributed by atoms with Gasteiger partial charge in [0, 0.05) is 35.6 Å². The number of aryl methyl sites for hydroxylation is 1. The van der Waals surface area contributed by atoms with Crippen molar-refractivity contribution in [2.75, 3.05) is 0 Å². The summed E-state index contributed by atoms with van der Waals surface area (Å²) in [4.78, 5) is 0. The molecule has 0 saturated heterocycles. The molecule has 122 valence electrons. The quantitative estimate of drug-likeness (QED) is 0.517. The zero-order valence-electron chi connectivity index (χ0n) is 14.4. The van der Waals surface area contributed by atoms with Crippen LogP contribution in [0.25, 0.3) is 28.6 Å². The van der Waals surface area contributed by atoms with Gasteiger partial charge in [-0.25, -0.2) is 0 Å². The molecular weight excluding hydrogens is 302 g/mol. The first-order valence-electron chi connectivity index (χ1n) is 8.61. The molecule has 25 heavy (non-hydrogen) atoms. The molecule has 0 atom stereocenters. The van der Waals surface area contributed by atoms with Crippen molar-refractivity contribution in [2.24, 2.45) is 7.05 Å².